The monoisotopic (exact) mass is 310 g/mol. The van der Waals surface area contributed by atoms with Crippen molar-refractivity contribution in [3.05, 3.63) is 24.4 Å². The minimum Gasteiger partial charge on any atom is -0.379 e. The molecule has 0 aromatic carbocycles. The highest BCUT2D eigenvalue weighted by Crippen LogP contribution is 2.34. The van der Waals surface area contributed by atoms with Crippen molar-refractivity contribution in [2.24, 2.45) is 0 Å². The lowest BCUT2D eigenvalue weighted by Gasteiger charge is -2.33. The van der Waals surface area contributed by atoms with Crippen molar-refractivity contribution in [2.75, 3.05) is 14.2 Å². The Morgan fingerprint density at radius 1 is 1.29 bits per heavy atom. The van der Waals surface area contributed by atoms with E-state index in [0.29, 0.717) is 11.8 Å². The van der Waals surface area contributed by atoms with Gasteiger partial charge in [-0.05, 0) is 25.3 Å². The molecule has 0 radical (unpaired) electrons. The van der Waals surface area contributed by atoms with E-state index in [2.05, 4.69) is 6.07 Å². The quantitative estimate of drug-likeness (QED) is 0.756. The Kier molecular flexibility index (Phi) is 6.21. The Morgan fingerprint density at radius 3 is 2.71 bits per heavy atom. The molecule has 1 aromatic rings. The zero-order valence-corrected chi connectivity index (χ0v) is 13.8. The molecule has 2 rings (SSSR count). The van der Waals surface area contributed by atoms with Gasteiger partial charge in [0.25, 0.3) is 0 Å². The number of ether oxygens (including phenoxy) is 2. The van der Waals surface area contributed by atoms with E-state index in [4.69, 9.17) is 9.47 Å². The lowest BCUT2D eigenvalue weighted by Crippen LogP contribution is -2.41. The number of methoxy groups -OCH3 is 2. The van der Waals surface area contributed by atoms with Crippen LogP contribution < -0.4 is 4.57 Å². The highest BCUT2D eigenvalue weighted by Gasteiger charge is 2.32. The van der Waals surface area contributed by atoms with Gasteiger partial charge < -0.3 is 9.47 Å². The molecule has 116 valence electrons. The third-order valence-electron chi connectivity index (χ3n) is 3.87. The number of carbonyl (C=O) groups excluding carboxylic acids is 1. The summed E-state index contributed by atoms with van der Waals surface area (Å²) in [6.07, 6.45) is 5.44. The van der Waals surface area contributed by atoms with Crippen LogP contribution in [0.5, 0.6) is 0 Å². The van der Waals surface area contributed by atoms with Crippen LogP contribution >= 0.6 is 11.8 Å². The smallest absolute Gasteiger partial charge is 0.240 e. The number of ketones is 1. The van der Waals surface area contributed by atoms with Crippen LogP contribution in [0.4, 0.5) is 0 Å². The van der Waals surface area contributed by atoms with E-state index in [1.165, 1.54) is 0 Å². The number of hydrogen-bond acceptors (Lipinski definition) is 4. The van der Waals surface area contributed by atoms with Crippen molar-refractivity contribution in [1.82, 2.24) is 0 Å². The van der Waals surface area contributed by atoms with Crippen molar-refractivity contribution in [3.63, 3.8) is 0 Å². The highest BCUT2D eigenvalue weighted by molar-refractivity contribution is 7.99. The number of pyridine rings is 1. The van der Waals surface area contributed by atoms with E-state index >= 15 is 0 Å². The normalized spacial score (nSPS) is 25.8. The molecule has 0 amide bonds. The van der Waals surface area contributed by atoms with Crippen molar-refractivity contribution in [3.8, 4) is 0 Å². The molecule has 1 aliphatic rings. The fourth-order valence-electron chi connectivity index (χ4n) is 2.80. The lowest BCUT2D eigenvalue weighted by molar-refractivity contribution is -0.720. The first-order chi connectivity index (χ1) is 10.1. The molecule has 1 aromatic heterocycles. The third kappa shape index (κ3) is 4.53. The number of hydrogen-bond donors (Lipinski definition) is 0. The van der Waals surface area contributed by atoms with Crippen molar-refractivity contribution < 1.29 is 18.8 Å². The van der Waals surface area contributed by atoms with Crippen LogP contribution in [0.15, 0.2) is 29.4 Å². The number of thioether (sulfide) groups is 1. The highest BCUT2D eigenvalue weighted by atomic mass is 32.2. The summed E-state index contributed by atoms with van der Waals surface area (Å²) in [6, 6.07) is 6.07. The van der Waals surface area contributed by atoms with Gasteiger partial charge in [-0.25, -0.2) is 0 Å². The van der Waals surface area contributed by atoms with Gasteiger partial charge in [0.2, 0.25) is 11.6 Å². The van der Waals surface area contributed by atoms with Gasteiger partial charge >= 0.3 is 0 Å². The van der Waals surface area contributed by atoms with Gasteiger partial charge in [-0.15, -0.1) is 0 Å². The van der Waals surface area contributed by atoms with Crippen molar-refractivity contribution in [2.45, 2.75) is 55.2 Å². The van der Waals surface area contributed by atoms with Gasteiger partial charge in [-0.3, -0.25) is 4.79 Å². The zero-order chi connectivity index (χ0) is 15.2. The standard InChI is InChI=1S/C16H24NO3S/c1-12(18)11-17-9-5-4-6-16(17)21-13-7-8-14(19-2)15(10-13)20-3/h4-6,9,13-15H,7-8,10-11H2,1-3H3/q+1. The number of Topliss-reactive ketones (excluding diaryl/α,β-unsaturated/α-hetero) is 1. The number of nitrogens with zero attached hydrogens (tertiary/aromatic N) is 1. The Morgan fingerprint density at radius 2 is 2.05 bits per heavy atom. The fraction of sp³-hybridized carbons (Fsp3) is 0.625. The van der Waals surface area contributed by atoms with Gasteiger partial charge in [0.1, 0.15) is 0 Å². The number of aromatic nitrogens is 1. The molecular weight excluding hydrogens is 286 g/mol. The largest absolute Gasteiger partial charge is 0.379 e. The van der Waals surface area contributed by atoms with Gasteiger partial charge in [-0.1, -0.05) is 11.8 Å². The third-order valence-corrected chi connectivity index (χ3v) is 5.24. The van der Waals surface area contributed by atoms with Gasteiger partial charge in [-0.2, -0.15) is 4.57 Å². The van der Waals surface area contributed by atoms with E-state index in [1.54, 1.807) is 21.1 Å². The summed E-state index contributed by atoms with van der Waals surface area (Å²) < 4.78 is 13.1. The first-order valence-corrected chi connectivity index (χ1v) is 8.22. The minimum absolute atomic E-state index is 0.159. The molecule has 5 heteroatoms. The molecule has 0 bridgehead atoms. The van der Waals surface area contributed by atoms with Crippen LogP contribution in [0, 0.1) is 0 Å². The van der Waals surface area contributed by atoms with Gasteiger partial charge in [0.05, 0.1) is 12.2 Å². The Labute approximate surface area is 130 Å². The summed E-state index contributed by atoms with van der Waals surface area (Å²) >= 11 is 1.84. The first kappa shape index (κ1) is 16.5. The van der Waals surface area contributed by atoms with Crippen LogP contribution in [0.3, 0.4) is 0 Å². The van der Waals surface area contributed by atoms with Crippen LogP contribution in [0.25, 0.3) is 0 Å². The van der Waals surface area contributed by atoms with E-state index < -0.39 is 0 Å². The average molecular weight is 310 g/mol. The summed E-state index contributed by atoms with van der Waals surface area (Å²) in [5.41, 5.74) is 0. The number of rotatable bonds is 6. The molecule has 0 saturated heterocycles. The van der Waals surface area contributed by atoms with E-state index in [1.807, 2.05) is 34.7 Å². The topological polar surface area (TPSA) is 39.4 Å². The summed E-state index contributed by atoms with van der Waals surface area (Å²) in [7, 11) is 3.50. The van der Waals surface area contributed by atoms with E-state index in [-0.39, 0.29) is 18.0 Å². The Bertz CT molecular complexity index is 480. The average Bonchev–Trinajstić information content (AvgIpc) is 2.48. The zero-order valence-electron chi connectivity index (χ0n) is 13.0. The van der Waals surface area contributed by atoms with Gasteiger partial charge in [0.15, 0.2) is 12.0 Å². The molecule has 1 aliphatic carbocycles. The summed E-state index contributed by atoms with van der Waals surface area (Å²) in [5.74, 6) is 0.172. The molecular formula is C16H24NO3S+. The molecule has 0 spiro atoms. The molecule has 1 saturated carbocycles. The first-order valence-electron chi connectivity index (χ1n) is 7.34. The molecule has 0 N–H and O–H groups in total. The second-order valence-corrected chi connectivity index (χ2v) is 6.79. The van der Waals surface area contributed by atoms with E-state index in [9.17, 15) is 4.79 Å². The van der Waals surface area contributed by atoms with Crippen LogP contribution in [0.2, 0.25) is 0 Å². The predicted molar refractivity (Wildman–Crippen MR) is 82.4 cm³/mol. The van der Waals surface area contributed by atoms with E-state index in [0.717, 1.165) is 24.3 Å². The van der Waals surface area contributed by atoms with Crippen LogP contribution in [-0.4, -0.2) is 37.5 Å². The second-order valence-electron chi connectivity index (χ2n) is 5.47. The summed E-state index contributed by atoms with van der Waals surface area (Å²) in [4.78, 5) is 11.4. The molecule has 1 heterocycles. The fourth-order valence-corrected chi connectivity index (χ4v) is 4.10. The Hall–Kier alpha value is -0.910. The van der Waals surface area contributed by atoms with Crippen molar-refractivity contribution >= 4 is 17.5 Å². The molecule has 3 atom stereocenters. The molecule has 21 heavy (non-hydrogen) atoms. The predicted octanol–water partition coefficient (Wildman–Crippen LogP) is 2.24. The second kappa shape index (κ2) is 7.92. The molecule has 3 unspecified atom stereocenters. The maximum atomic E-state index is 11.4. The molecule has 0 aliphatic heterocycles. The minimum atomic E-state index is 0.159. The van der Waals surface area contributed by atoms with Crippen LogP contribution in [0.1, 0.15) is 26.2 Å². The molecule has 4 nitrogen and oxygen atoms in total. The molecule has 1 fully saturated rings. The maximum Gasteiger partial charge on any atom is 0.240 e. The van der Waals surface area contributed by atoms with Crippen LogP contribution in [-0.2, 0) is 20.8 Å². The SMILES string of the molecule is COC1CCC(Sc2cccc[n+]2CC(C)=O)CC1OC. The Balaban J connectivity index is 2.03. The van der Waals surface area contributed by atoms with Gasteiger partial charge in [0, 0.05) is 38.5 Å². The summed E-state index contributed by atoms with van der Waals surface area (Å²) in [6.45, 7) is 2.06. The lowest BCUT2D eigenvalue weighted by atomic mass is 9.94. The summed E-state index contributed by atoms with van der Waals surface area (Å²) in [5, 5.41) is 1.64. The number of carbonyl (C=O) groups is 1. The maximum absolute atomic E-state index is 11.4. The van der Waals surface area contributed by atoms with Crippen molar-refractivity contribution in [1.29, 1.82) is 0 Å².